The van der Waals surface area contributed by atoms with Gasteiger partial charge in [0, 0.05) is 31.7 Å². The molecule has 1 unspecified atom stereocenters. The molecule has 0 aliphatic carbocycles. The van der Waals surface area contributed by atoms with Crippen LogP contribution in [0.15, 0.2) is 36.5 Å². The highest BCUT2D eigenvalue weighted by Crippen LogP contribution is 2.26. The van der Waals surface area contributed by atoms with Crippen molar-refractivity contribution in [3.05, 3.63) is 47.8 Å². The third-order valence-electron chi connectivity index (χ3n) is 4.16. The standard InChI is InChI=1S/C16H20N4O2/c17-10-12-3-5-14(6-4-12)20-9-7-15(18-20)13-2-1-8-19(11-13)16(21)22/h3-7,9,13H,1-2,8,10-11,17H2,(H,21,22). The number of hydrogen-bond acceptors (Lipinski definition) is 3. The maximum atomic E-state index is 11.1. The van der Waals surface area contributed by atoms with Gasteiger partial charge in [0.05, 0.1) is 11.4 Å². The molecule has 116 valence electrons. The number of piperidine rings is 1. The van der Waals surface area contributed by atoms with E-state index in [9.17, 15) is 4.79 Å². The van der Waals surface area contributed by atoms with Crippen molar-refractivity contribution in [2.24, 2.45) is 5.73 Å². The normalized spacial score (nSPS) is 18.4. The van der Waals surface area contributed by atoms with Crippen molar-refractivity contribution in [3.8, 4) is 5.69 Å². The molecule has 1 aromatic heterocycles. The summed E-state index contributed by atoms with van der Waals surface area (Å²) in [5.41, 5.74) is 8.62. The van der Waals surface area contributed by atoms with Gasteiger partial charge in [0.25, 0.3) is 0 Å². The topological polar surface area (TPSA) is 84.4 Å². The summed E-state index contributed by atoms with van der Waals surface area (Å²) in [6.45, 7) is 1.67. The molecule has 0 radical (unpaired) electrons. The molecule has 1 aliphatic rings. The average molecular weight is 300 g/mol. The molecule has 0 bridgehead atoms. The van der Waals surface area contributed by atoms with Crippen molar-refractivity contribution in [2.75, 3.05) is 13.1 Å². The third kappa shape index (κ3) is 2.96. The quantitative estimate of drug-likeness (QED) is 0.910. The van der Waals surface area contributed by atoms with Gasteiger partial charge in [0.2, 0.25) is 0 Å². The predicted molar refractivity (Wildman–Crippen MR) is 83.0 cm³/mol. The second-order valence-corrected chi connectivity index (χ2v) is 5.62. The highest BCUT2D eigenvalue weighted by molar-refractivity contribution is 5.65. The molecule has 1 aromatic carbocycles. The van der Waals surface area contributed by atoms with Gasteiger partial charge >= 0.3 is 6.09 Å². The maximum Gasteiger partial charge on any atom is 0.407 e. The summed E-state index contributed by atoms with van der Waals surface area (Å²) < 4.78 is 1.83. The van der Waals surface area contributed by atoms with Gasteiger partial charge < -0.3 is 15.7 Å². The first-order valence-electron chi connectivity index (χ1n) is 7.50. The highest BCUT2D eigenvalue weighted by Gasteiger charge is 2.25. The summed E-state index contributed by atoms with van der Waals surface area (Å²) in [4.78, 5) is 12.6. The molecule has 0 saturated carbocycles. The fourth-order valence-electron chi connectivity index (χ4n) is 2.88. The van der Waals surface area contributed by atoms with E-state index in [4.69, 9.17) is 10.8 Å². The van der Waals surface area contributed by atoms with Crippen LogP contribution in [0.4, 0.5) is 4.79 Å². The van der Waals surface area contributed by atoms with E-state index in [-0.39, 0.29) is 5.92 Å². The summed E-state index contributed by atoms with van der Waals surface area (Å²) in [6, 6.07) is 9.94. The van der Waals surface area contributed by atoms with Crippen molar-refractivity contribution in [1.29, 1.82) is 0 Å². The number of likely N-dealkylation sites (tertiary alicyclic amines) is 1. The summed E-state index contributed by atoms with van der Waals surface area (Å²) in [7, 11) is 0. The molecule has 1 atom stereocenters. The number of rotatable bonds is 3. The van der Waals surface area contributed by atoms with Gasteiger partial charge in [0.1, 0.15) is 0 Å². The van der Waals surface area contributed by atoms with E-state index in [2.05, 4.69) is 5.10 Å². The molecule has 1 saturated heterocycles. The Morgan fingerprint density at radius 1 is 1.32 bits per heavy atom. The fraction of sp³-hybridized carbons (Fsp3) is 0.375. The van der Waals surface area contributed by atoms with E-state index in [0.29, 0.717) is 19.6 Å². The number of amides is 1. The molecule has 1 aliphatic heterocycles. The second-order valence-electron chi connectivity index (χ2n) is 5.62. The van der Waals surface area contributed by atoms with Gasteiger partial charge in [-0.2, -0.15) is 5.10 Å². The number of carboxylic acid groups (broad SMARTS) is 1. The van der Waals surface area contributed by atoms with Crippen LogP contribution in [0.1, 0.15) is 30.0 Å². The Morgan fingerprint density at radius 3 is 2.77 bits per heavy atom. The summed E-state index contributed by atoms with van der Waals surface area (Å²) in [5.74, 6) is 0.175. The molecule has 1 fully saturated rings. The maximum absolute atomic E-state index is 11.1. The molecule has 0 spiro atoms. The number of hydrogen-bond donors (Lipinski definition) is 2. The number of benzene rings is 1. The molecule has 22 heavy (non-hydrogen) atoms. The van der Waals surface area contributed by atoms with Crippen molar-refractivity contribution in [1.82, 2.24) is 14.7 Å². The van der Waals surface area contributed by atoms with Gasteiger partial charge in [-0.05, 0) is 36.6 Å². The minimum Gasteiger partial charge on any atom is -0.465 e. The second kappa shape index (κ2) is 6.19. The Kier molecular flexibility index (Phi) is 4.11. The van der Waals surface area contributed by atoms with Crippen LogP contribution < -0.4 is 5.73 Å². The molecule has 6 nitrogen and oxygen atoms in total. The number of aromatic nitrogens is 2. The average Bonchev–Trinajstić information content (AvgIpc) is 3.05. The van der Waals surface area contributed by atoms with Gasteiger partial charge in [-0.1, -0.05) is 12.1 Å². The Labute approximate surface area is 129 Å². The molecule has 2 aromatic rings. The fourth-order valence-corrected chi connectivity index (χ4v) is 2.88. The van der Waals surface area contributed by atoms with Crippen molar-refractivity contribution in [2.45, 2.75) is 25.3 Å². The van der Waals surface area contributed by atoms with Crippen LogP contribution in [0.2, 0.25) is 0 Å². The Bertz CT molecular complexity index is 650. The minimum absolute atomic E-state index is 0.175. The first-order valence-corrected chi connectivity index (χ1v) is 7.50. The first-order chi connectivity index (χ1) is 10.7. The van der Waals surface area contributed by atoms with Gasteiger partial charge in [-0.3, -0.25) is 0 Å². The first kappa shape index (κ1) is 14.6. The Morgan fingerprint density at radius 2 is 2.09 bits per heavy atom. The van der Waals surface area contributed by atoms with Crippen LogP contribution in [0.5, 0.6) is 0 Å². The monoisotopic (exact) mass is 300 g/mol. The Hall–Kier alpha value is -2.34. The molecule has 3 N–H and O–H groups in total. The van der Waals surface area contributed by atoms with Crippen molar-refractivity contribution < 1.29 is 9.90 Å². The molecular weight excluding hydrogens is 280 g/mol. The number of nitrogens with zero attached hydrogens (tertiary/aromatic N) is 3. The van der Waals surface area contributed by atoms with E-state index in [1.165, 1.54) is 4.90 Å². The van der Waals surface area contributed by atoms with E-state index in [1.807, 2.05) is 41.2 Å². The lowest BCUT2D eigenvalue weighted by molar-refractivity contribution is 0.130. The van der Waals surface area contributed by atoms with Gasteiger partial charge in [-0.25, -0.2) is 9.48 Å². The zero-order valence-corrected chi connectivity index (χ0v) is 12.4. The van der Waals surface area contributed by atoms with Gasteiger partial charge in [-0.15, -0.1) is 0 Å². The Balaban J connectivity index is 1.76. The SMILES string of the molecule is NCc1ccc(-n2ccc(C3CCCN(C(=O)O)C3)n2)cc1. The van der Waals surface area contributed by atoms with E-state index >= 15 is 0 Å². The van der Waals surface area contributed by atoms with Crippen LogP contribution in [0.3, 0.4) is 0 Å². The highest BCUT2D eigenvalue weighted by atomic mass is 16.4. The third-order valence-corrected chi connectivity index (χ3v) is 4.16. The predicted octanol–water partition coefficient (Wildman–Crippen LogP) is 2.19. The molecule has 2 heterocycles. The lowest BCUT2D eigenvalue weighted by Gasteiger charge is -2.29. The lowest BCUT2D eigenvalue weighted by Crippen LogP contribution is -2.38. The van der Waals surface area contributed by atoms with E-state index in [1.54, 1.807) is 0 Å². The van der Waals surface area contributed by atoms with Crippen LogP contribution in [0, 0.1) is 0 Å². The van der Waals surface area contributed by atoms with Crippen LogP contribution in [-0.4, -0.2) is 39.0 Å². The molecular formula is C16H20N4O2. The van der Waals surface area contributed by atoms with Crippen LogP contribution >= 0.6 is 0 Å². The zero-order chi connectivity index (χ0) is 15.5. The van der Waals surface area contributed by atoms with Crippen LogP contribution in [0.25, 0.3) is 5.69 Å². The zero-order valence-electron chi connectivity index (χ0n) is 12.4. The van der Waals surface area contributed by atoms with Crippen molar-refractivity contribution >= 4 is 6.09 Å². The minimum atomic E-state index is -0.846. The molecule has 1 amide bonds. The molecule has 6 heteroatoms. The summed E-state index contributed by atoms with van der Waals surface area (Å²) in [6.07, 6.45) is 2.94. The van der Waals surface area contributed by atoms with Crippen LogP contribution in [-0.2, 0) is 6.54 Å². The van der Waals surface area contributed by atoms with E-state index in [0.717, 1.165) is 29.8 Å². The van der Waals surface area contributed by atoms with E-state index < -0.39 is 6.09 Å². The summed E-state index contributed by atoms with van der Waals surface area (Å²) in [5, 5.41) is 13.7. The number of nitrogens with two attached hydrogens (primary N) is 1. The van der Waals surface area contributed by atoms with Gasteiger partial charge in [0.15, 0.2) is 0 Å². The van der Waals surface area contributed by atoms with Crippen molar-refractivity contribution in [3.63, 3.8) is 0 Å². The smallest absolute Gasteiger partial charge is 0.407 e. The largest absolute Gasteiger partial charge is 0.465 e. The summed E-state index contributed by atoms with van der Waals surface area (Å²) >= 11 is 0. The lowest BCUT2D eigenvalue weighted by atomic mass is 9.95. The number of carbonyl (C=O) groups is 1. The molecule has 3 rings (SSSR count).